The summed E-state index contributed by atoms with van der Waals surface area (Å²) in [6.45, 7) is 0. The van der Waals surface area contributed by atoms with Crippen LogP contribution in [0.2, 0.25) is 10.0 Å². The van der Waals surface area contributed by atoms with Crippen molar-refractivity contribution in [3.05, 3.63) is 28.2 Å². The average molecular weight is 336 g/mol. The summed E-state index contributed by atoms with van der Waals surface area (Å²) in [5, 5.41) is 4.27. The third-order valence-corrected chi connectivity index (χ3v) is 4.24. The fourth-order valence-electron chi connectivity index (χ4n) is 1.30. The molecule has 1 saturated heterocycles. The van der Waals surface area contributed by atoms with Gasteiger partial charge in [0.2, 0.25) is 0 Å². The molecule has 2 rings (SSSR count). The Labute approximate surface area is 128 Å². The highest BCUT2D eigenvalue weighted by molar-refractivity contribution is 8.23. The number of hydrogen-bond donors (Lipinski definition) is 2. The Bertz CT molecular complexity index is 552. The maximum atomic E-state index is 11.7. The number of amides is 3. The molecular formula is C10H7Cl2N3O2S2. The van der Waals surface area contributed by atoms with Gasteiger partial charge in [-0.2, -0.15) is 0 Å². The highest BCUT2D eigenvalue weighted by Gasteiger charge is 2.28. The first-order valence-electron chi connectivity index (χ1n) is 5.00. The predicted octanol–water partition coefficient (Wildman–Crippen LogP) is 2.89. The molecule has 1 aromatic carbocycles. The Morgan fingerprint density at radius 1 is 1.37 bits per heavy atom. The molecule has 2 N–H and O–H groups in total. The summed E-state index contributed by atoms with van der Waals surface area (Å²) in [4.78, 5) is 23.1. The van der Waals surface area contributed by atoms with Crippen LogP contribution in [-0.2, 0) is 4.79 Å². The van der Waals surface area contributed by atoms with E-state index < -0.39 is 6.03 Å². The van der Waals surface area contributed by atoms with Gasteiger partial charge < -0.3 is 5.32 Å². The molecule has 0 radical (unpaired) electrons. The number of thioether (sulfide) groups is 1. The maximum absolute atomic E-state index is 11.7. The van der Waals surface area contributed by atoms with Crippen molar-refractivity contribution in [1.82, 2.24) is 10.4 Å². The second-order valence-electron chi connectivity index (χ2n) is 3.48. The predicted molar refractivity (Wildman–Crippen MR) is 80.5 cm³/mol. The highest BCUT2D eigenvalue weighted by Crippen LogP contribution is 2.25. The van der Waals surface area contributed by atoms with Crippen molar-refractivity contribution in [3.8, 4) is 0 Å². The fourth-order valence-corrected chi connectivity index (χ4v) is 2.57. The molecule has 1 heterocycles. The second kappa shape index (κ2) is 5.96. The van der Waals surface area contributed by atoms with Gasteiger partial charge in [0.15, 0.2) is 4.32 Å². The summed E-state index contributed by atoms with van der Waals surface area (Å²) in [6, 6.07) is 4.06. The molecular weight excluding hydrogens is 329 g/mol. The largest absolute Gasteiger partial charge is 0.338 e. The molecule has 1 aromatic rings. The van der Waals surface area contributed by atoms with Gasteiger partial charge in [-0.1, -0.05) is 47.2 Å². The van der Waals surface area contributed by atoms with Crippen LogP contribution in [0.25, 0.3) is 0 Å². The quantitative estimate of drug-likeness (QED) is 0.816. The Hall–Kier alpha value is -1.02. The minimum Gasteiger partial charge on any atom is -0.307 e. The fraction of sp³-hybridized carbons (Fsp3) is 0.100. The summed E-state index contributed by atoms with van der Waals surface area (Å²) in [6.07, 6.45) is 0. The van der Waals surface area contributed by atoms with E-state index in [2.05, 4.69) is 10.7 Å². The van der Waals surface area contributed by atoms with Gasteiger partial charge in [-0.3, -0.25) is 4.79 Å². The molecule has 9 heteroatoms. The van der Waals surface area contributed by atoms with Crippen LogP contribution in [0.1, 0.15) is 0 Å². The van der Waals surface area contributed by atoms with E-state index in [1.165, 1.54) is 17.8 Å². The number of nitrogens with zero attached hydrogens (tertiary/aromatic N) is 1. The molecule has 0 unspecified atom stereocenters. The lowest BCUT2D eigenvalue weighted by atomic mass is 10.3. The Kier molecular flexibility index (Phi) is 4.51. The normalized spacial score (nSPS) is 14.7. The van der Waals surface area contributed by atoms with E-state index >= 15 is 0 Å². The van der Waals surface area contributed by atoms with E-state index in [1.54, 1.807) is 12.1 Å². The van der Waals surface area contributed by atoms with Crippen molar-refractivity contribution in [3.63, 3.8) is 0 Å². The molecule has 0 aromatic heterocycles. The Balaban J connectivity index is 1.99. The monoisotopic (exact) mass is 335 g/mol. The number of carbonyl (C=O) groups excluding carboxylic acids is 2. The number of carbonyl (C=O) groups is 2. The second-order valence-corrected chi connectivity index (χ2v) is 5.90. The van der Waals surface area contributed by atoms with Crippen LogP contribution in [0.4, 0.5) is 10.5 Å². The Morgan fingerprint density at radius 2 is 2.11 bits per heavy atom. The number of rotatable bonds is 2. The third kappa shape index (κ3) is 3.50. The van der Waals surface area contributed by atoms with Crippen LogP contribution in [0.5, 0.6) is 0 Å². The number of urea groups is 1. The van der Waals surface area contributed by atoms with E-state index in [4.69, 9.17) is 35.4 Å². The standard InChI is InChI=1S/C10H7Cl2N3O2S2/c11-6-2-1-5(3-7(6)12)13-9(17)14-15-8(16)4-19-10(15)18/h1-3H,4H2,(H2,13,14,17). The van der Waals surface area contributed by atoms with Crippen LogP contribution >= 0.6 is 47.2 Å². The lowest BCUT2D eigenvalue weighted by Gasteiger charge is -2.16. The first kappa shape index (κ1) is 14.4. The third-order valence-electron chi connectivity index (χ3n) is 2.14. The molecule has 1 fully saturated rings. The zero-order valence-corrected chi connectivity index (χ0v) is 12.4. The van der Waals surface area contributed by atoms with E-state index in [-0.39, 0.29) is 11.7 Å². The molecule has 0 bridgehead atoms. The van der Waals surface area contributed by atoms with Gasteiger partial charge in [0, 0.05) is 5.69 Å². The number of benzene rings is 1. The summed E-state index contributed by atoms with van der Waals surface area (Å²) < 4.78 is 0.314. The number of anilines is 1. The van der Waals surface area contributed by atoms with Gasteiger partial charge >= 0.3 is 6.03 Å². The van der Waals surface area contributed by atoms with Gasteiger partial charge in [-0.05, 0) is 18.2 Å². The van der Waals surface area contributed by atoms with Crippen molar-refractivity contribution >= 4 is 69.1 Å². The highest BCUT2D eigenvalue weighted by atomic mass is 35.5. The molecule has 1 aliphatic heterocycles. The summed E-state index contributed by atoms with van der Waals surface area (Å²) >= 11 is 17.7. The number of hydrogen-bond acceptors (Lipinski definition) is 4. The summed E-state index contributed by atoms with van der Waals surface area (Å²) in [5.74, 6) is -0.0365. The lowest BCUT2D eigenvalue weighted by Crippen LogP contribution is -2.46. The smallest absolute Gasteiger partial charge is 0.307 e. The molecule has 0 aliphatic carbocycles. The number of hydrazine groups is 1. The van der Waals surface area contributed by atoms with Gasteiger partial charge in [-0.15, -0.1) is 0 Å². The zero-order chi connectivity index (χ0) is 14.0. The molecule has 3 amide bonds. The first-order chi connectivity index (χ1) is 8.97. The van der Waals surface area contributed by atoms with E-state index in [0.717, 1.165) is 5.01 Å². The van der Waals surface area contributed by atoms with Crippen molar-refractivity contribution in [2.75, 3.05) is 11.1 Å². The van der Waals surface area contributed by atoms with Gasteiger partial charge in [-0.25, -0.2) is 15.2 Å². The van der Waals surface area contributed by atoms with Crippen LogP contribution in [0.15, 0.2) is 18.2 Å². The maximum Gasteiger partial charge on any atom is 0.338 e. The Morgan fingerprint density at radius 3 is 2.68 bits per heavy atom. The molecule has 0 spiro atoms. The van der Waals surface area contributed by atoms with Gasteiger partial charge in [0.1, 0.15) is 0 Å². The van der Waals surface area contributed by atoms with Crippen LogP contribution in [0.3, 0.4) is 0 Å². The average Bonchev–Trinajstić information content (AvgIpc) is 2.66. The van der Waals surface area contributed by atoms with Gasteiger partial charge in [0.25, 0.3) is 5.91 Å². The van der Waals surface area contributed by atoms with Crippen molar-refractivity contribution < 1.29 is 9.59 Å². The van der Waals surface area contributed by atoms with Crippen LogP contribution in [0, 0.1) is 0 Å². The molecule has 100 valence electrons. The van der Waals surface area contributed by atoms with Crippen LogP contribution < -0.4 is 10.7 Å². The summed E-state index contributed by atoms with van der Waals surface area (Å²) in [5.41, 5.74) is 2.81. The lowest BCUT2D eigenvalue weighted by molar-refractivity contribution is -0.125. The SMILES string of the molecule is O=C(Nc1ccc(Cl)c(Cl)c1)NN1C(=O)CSC1=S. The summed E-state index contributed by atoms with van der Waals surface area (Å²) in [7, 11) is 0. The van der Waals surface area contributed by atoms with Crippen LogP contribution in [-0.4, -0.2) is 27.0 Å². The van der Waals surface area contributed by atoms with Crippen molar-refractivity contribution in [1.29, 1.82) is 0 Å². The zero-order valence-electron chi connectivity index (χ0n) is 9.28. The number of thiocarbonyl (C=S) groups is 1. The number of nitrogens with one attached hydrogen (secondary N) is 2. The minimum absolute atomic E-state index is 0.228. The van der Waals surface area contributed by atoms with Gasteiger partial charge in [0.05, 0.1) is 15.8 Å². The van der Waals surface area contributed by atoms with E-state index in [1.807, 2.05) is 0 Å². The minimum atomic E-state index is -0.586. The van der Waals surface area contributed by atoms with E-state index in [0.29, 0.717) is 20.1 Å². The van der Waals surface area contributed by atoms with Crippen molar-refractivity contribution in [2.45, 2.75) is 0 Å². The topological polar surface area (TPSA) is 61.4 Å². The number of halogens is 2. The first-order valence-corrected chi connectivity index (χ1v) is 7.15. The molecule has 0 saturated carbocycles. The van der Waals surface area contributed by atoms with E-state index in [9.17, 15) is 9.59 Å². The molecule has 0 atom stereocenters. The molecule has 19 heavy (non-hydrogen) atoms. The molecule has 1 aliphatic rings. The molecule has 5 nitrogen and oxygen atoms in total. The van der Waals surface area contributed by atoms with Crippen molar-refractivity contribution in [2.24, 2.45) is 0 Å².